The van der Waals surface area contributed by atoms with Gasteiger partial charge in [0.25, 0.3) is 0 Å². The van der Waals surface area contributed by atoms with E-state index in [4.69, 9.17) is 11.5 Å². The molecule has 1 aromatic heterocycles. The molecule has 5 heteroatoms. The third kappa shape index (κ3) is 2.29. The first-order valence-electron chi connectivity index (χ1n) is 4.11. The minimum atomic E-state index is -0.155. The summed E-state index contributed by atoms with van der Waals surface area (Å²) in [6.07, 6.45) is 0.280. The van der Waals surface area contributed by atoms with Crippen molar-refractivity contribution in [2.24, 2.45) is 5.73 Å². The summed E-state index contributed by atoms with van der Waals surface area (Å²) in [4.78, 5) is 11.5. The predicted octanol–water partition coefficient (Wildman–Crippen LogP) is 0.151. The van der Waals surface area contributed by atoms with Gasteiger partial charge >= 0.3 is 0 Å². The number of carbonyl (C=O) groups excluding carboxylic acids is 1. The first-order valence-corrected chi connectivity index (χ1v) is 4.11. The SMILES string of the molecule is Cc1cc(N)nn1C(=O)CC(C)N. The van der Waals surface area contributed by atoms with Gasteiger partial charge in [-0.15, -0.1) is 5.10 Å². The van der Waals surface area contributed by atoms with E-state index in [1.54, 1.807) is 19.9 Å². The van der Waals surface area contributed by atoms with Crippen molar-refractivity contribution in [2.45, 2.75) is 26.3 Å². The fourth-order valence-electron chi connectivity index (χ4n) is 1.11. The number of hydrogen-bond acceptors (Lipinski definition) is 4. The van der Waals surface area contributed by atoms with Gasteiger partial charge in [-0.25, -0.2) is 4.68 Å². The van der Waals surface area contributed by atoms with Gasteiger partial charge in [-0.2, -0.15) is 0 Å². The summed E-state index contributed by atoms with van der Waals surface area (Å²) in [5.74, 6) is 0.236. The molecule has 0 saturated carbocycles. The smallest absolute Gasteiger partial charge is 0.248 e. The molecule has 0 amide bonds. The number of carbonyl (C=O) groups is 1. The van der Waals surface area contributed by atoms with E-state index in [-0.39, 0.29) is 18.4 Å². The van der Waals surface area contributed by atoms with Crippen molar-refractivity contribution in [2.75, 3.05) is 5.73 Å². The van der Waals surface area contributed by atoms with Gasteiger partial charge in [0.1, 0.15) is 5.82 Å². The fraction of sp³-hybridized carbons (Fsp3) is 0.500. The lowest BCUT2D eigenvalue weighted by molar-refractivity contribution is 0.0878. The number of nitrogens with two attached hydrogens (primary N) is 2. The van der Waals surface area contributed by atoms with E-state index in [1.807, 2.05) is 0 Å². The van der Waals surface area contributed by atoms with Gasteiger partial charge in [0.05, 0.1) is 0 Å². The molecular weight excluding hydrogens is 168 g/mol. The summed E-state index contributed by atoms with van der Waals surface area (Å²) in [6.45, 7) is 3.56. The highest BCUT2D eigenvalue weighted by atomic mass is 16.2. The molecular formula is C8H14N4O. The zero-order valence-corrected chi connectivity index (χ0v) is 7.82. The monoisotopic (exact) mass is 182 g/mol. The summed E-state index contributed by atoms with van der Waals surface area (Å²) in [5, 5.41) is 3.85. The first-order chi connectivity index (χ1) is 6.00. The minimum absolute atomic E-state index is 0.121. The lowest BCUT2D eigenvalue weighted by Gasteiger charge is -2.04. The molecule has 0 aromatic carbocycles. The van der Waals surface area contributed by atoms with Gasteiger partial charge in [0, 0.05) is 24.2 Å². The lowest BCUT2D eigenvalue weighted by Crippen LogP contribution is -2.24. The standard InChI is InChI=1S/C8H14N4O/c1-5(9)3-8(13)12-6(2)4-7(10)11-12/h4-5H,3,9H2,1-2H3,(H2,10,11). The third-order valence-corrected chi connectivity index (χ3v) is 1.64. The second-order valence-electron chi connectivity index (χ2n) is 3.20. The molecule has 1 heterocycles. The van der Waals surface area contributed by atoms with Crippen molar-refractivity contribution in [3.8, 4) is 0 Å². The summed E-state index contributed by atoms with van der Waals surface area (Å²) in [5.41, 5.74) is 11.7. The average Bonchev–Trinajstić information content (AvgIpc) is 2.28. The van der Waals surface area contributed by atoms with E-state index in [2.05, 4.69) is 5.10 Å². The Bertz CT molecular complexity index is 316. The second kappa shape index (κ2) is 3.57. The number of rotatable bonds is 2. The Labute approximate surface area is 76.7 Å². The Morgan fingerprint density at radius 1 is 1.77 bits per heavy atom. The highest BCUT2D eigenvalue weighted by molar-refractivity contribution is 5.79. The van der Waals surface area contributed by atoms with Gasteiger partial charge in [0.2, 0.25) is 5.91 Å². The van der Waals surface area contributed by atoms with Crippen LogP contribution < -0.4 is 11.5 Å². The Morgan fingerprint density at radius 2 is 2.38 bits per heavy atom. The number of anilines is 1. The summed E-state index contributed by atoms with van der Waals surface area (Å²) in [7, 11) is 0. The van der Waals surface area contributed by atoms with Gasteiger partial charge in [-0.3, -0.25) is 4.79 Å². The molecule has 1 aromatic rings. The van der Waals surface area contributed by atoms with Crippen molar-refractivity contribution in [3.05, 3.63) is 11.8 Å². The average molecular weight is 182 g/mol. The third-order valence-electron chi connectivity index (χ3n) is 1.64. The van der Waals surface area contributed by atoms with E-state index in [0.717, 1.165) is 5.69 Å². The molecule has 0 fully saturated rings. The van der Waals surface area contributed by atoms with Crippen LogP contribution in [0.3, 0.4) is 0 Å². The Balaban J connectivity index is 2.82. The van der Waals surface area contributed by atoms with Crippen LogP contribution in [0.1, 0.15) is 23.8 Å². The van der Waals surface area contributed by atoms with Crippen LogP contribution in [0.4, 0.5) is 5.82 Å². The van der Waals surface area contributed by atoms with E-state index in [0.29, 0.717) is 5.82 Å². The molecule has 0 bridgehead atoms. The molecule has 5 nitrogen and oxygen atoms in total. The van der Waals surface area contributed by atoms with E-state index >= 15 is 0 Å². The van der Waals surface area contributed by atoms with Gasteiger partial charge in [-0.05, 0) is 13.8 Å². The quantitative estimate of drug-likeness (QED) is 0.681. The molecule has 13 heavy (non-hydrogen) atoms. The highest BCUT2D eigenvalue weighted by Gasteiger charge is 2.11. The lowest BCUT2D eigenvalue weighted by atomic mass is 10.2. The molecule has 0 aliphatic heterocycles. The second-order valence-corrected chi connectivity index (χ2v) is 3.20. The van der Waals surface area contributed by atoms with Crippen LogP contribution in [0, 0.1) is 6.92 Å². The molecule has 1 rings (SSSR count). The maximum absolute atomic E-state index is 11.5. The highest BCUT2D eigenvalue weighted by Crippen LogP contribution is 2.05. The van der Waals surface area contributed by atoms with E-state index in [1.165, 1.54) is 4.68 Å². The normalized spacial score (nSPS) is 12.8. The molecule has 4 N–H and O–H groups in total. The largest absolute Gasteiger partial charge is 0.382 e. The predicted molar refractivity (Wildman–Crippen MR) is 50.3 cm³/mol. The van der Waals surface area contributed by atoms with Crippen LogP contribution in [0.15, 0.2) is 6.07 Å². The molecule has 1 unspecified atom stereocenters. The van der Waals surface area contributed by atoms with Crippen molar-refractivity contribution < 1.29 is 4.79 Å². The molecule has 72 valence electrons. The molecule has 0 aliphatic carbocycles. The Kier molecular flexibility index (Phi) is 2.67. The van der Waals surface area contributed by atoms with Crippen molar-refractivity contribution in [3.63, 3.8) is 0 Å². The number of hydrogen-bond donors (Lipinski definition) is 2. The molecule has 0 aliphatic rings. The van der Waals surface area contributed by atoms with Gasteiger partial charge < -0.3 is 11.5 Å². The van der Waals surface area contributed by atoms with Crippen molar-refractivity contribution in [1.29, 1.82) is 0 Å². The van der Waals surface area contributed by atoms with E-state index in [9.17, 15) is 4.79 Å². The summed E-state index contributed by atoms with van der Waals surface area (Å²) < 4.78 is 1.29. The Morgan fingerprint density at radius 3 is 2.77 bits per heavy atom. The zero-order chi connectivity index (χ0) is 10.0. The summed E-state index contributed by atoms with van der Waals surface area (Å²) in [6, 6.07) is 1.50. The van der Waals surface area contributed by atoms with Crippen LogP contribution in [0.5, 0.6) is 0 Å². The number of nitrogen functional groups attached to an aromatic ring is 1. The fourth-order valence-corrected chi connectivity index (χ4v) is 1.11. The van der Waals surface area contributed by atoms with Crippen molar-refractivity contribution in [1.82, 2.24) is 9.78 Å². The van der Waals surface area contributed by atoms with Gasteiger partial charge in [-0.1, -0.05) is 0 Å². The first kappa shape index (κ1) is 9.73. The molecule has 1 atom stereocenters. The maximum atomic E-state index is 11.5. The number of aromatic nitrogens is 2. The Hall–Kier alpha value is -1.36. The van der Waals surface area contributed by atoms with Crippen LogP contribution in [-0.2, 0) is 0 Å². The number of aryl methyl sites for hydroxylation is 1. The van der Waals surface area contributed by atoms with Crippen LogP contribution in [-0.4, -0.2) is 21.7 Å². The minimum Gasteiger partial charge on any atom is -0.382 e. The van der Waals surface area contributed by atoms with Crippen LogP contribution in [0.2, 0.25) is 0 Å². The molecule has 0 spiro atoms. The maximum Gasteiger partial charge on any atom is 0.248 e. The summed E-state index contributed by atoms with van der Waals surface area (Å²) >= 11 is 0. The van der Waals surface area contributed by atoms with Crippen LogP contribution >= 0.6 is 0 Å². The van der Waals surface area contributed by atoms with Crippen LogP contribution in [0.25, 0.3) is 0 Å². The van der Waals surface area contributed by atoms with Gasteiger partial charge in [0.15, 0.2) is 0 Å². The topological polar surface area (TPSA) is 86.9 Å². The molecule has 0 saturated heterocycles. The van der Waals surface area contributed by atoms with E-state index < -0.39 is 0 Å². The number of nitrogens with zero attached hydrogens (tertiary/aromatic N) is 2. The molecule has 0 radical (unpaired) electrons. The zero-order valence-electron chi connectivity index (χ0n) is 7.82. The van der Waals surface area contributed by atoms with Crippen molar-refractivity contribution >= 4 is 11.7 Å².